The lowest BCUT2D eigenvalue weighted by atomic mass is 9.89. The maximum Gasteiger partial charge on any atom is 0.416 e. The number of aliphatic hydroxyl groups is 2. The Hall–Kier alpha value is -4.45. The van der Waals surface area contributed by atoms with Crippen molar-refractivity contribution in [2.75, 3.05) is 51.9 Å². The number of rotatable bonds is 10. The number of quaternary nitrogens is 1. The van der Waals surface area contributed by atoms with E-state index in [-0.39, 0.29) is 36.1 Å². The number of ether oxygens (including phenoxy) is 1. The number of aromatic nitrogens is 3. The third-order valence-corrected chi connectivity index (χ3v) is 7.75. The number of carbonyl (C=O) groups excluding carboxylic acids is 1. The number of aliphatic hydroxyl groups excluding tert-OH is 2. The van der Waals surface area contributed by atoms with Gasteiger partial charge in [-0.15, -0.1) is 5.10 Å². The highest BCUT2D eigenvalue weighted by Crippen LogP contribution is 2.43. The molecule has 0 radical (unpaired) electrons. The molecule has 1 aliphatic heterocycles. The first-order chi connectivity index (χ1) is 20.4. The third-order valence-electron chi connectivity index (χ3n) is 7.75. The molecule has 0 saturated carbocycles. The van der Waals surface area contributed by atoms with Gasteiger partial charge in [0.05, 0.1) is 56.7 Å². The Labute approximate surface area is 245 Å². The van der Waals surface area contributed by atoms with E-state index in [0.717, 1.165) is 19.2 Å². The van der Waals surface area contributed by atoms with Crippen LogP contribution in [0.25, 0.3) is 0 Å². The van der Waals surface area contributed by atoms with E-state index in [9.17, 15) is 38.2 Å². The SMILES string of the molecule is COC(=O)C1=C(C)N(c2cccc(C(F)(F)F)c2)c2n[nH]c(=O)n2[C@@H]1c1ccc(C#N)cc1CC[N+](C)(CCO)CCO. The van der Waals surface area contributed by atoms with Crippen molar-refractivity contribution in [1.82, 2.24) is 14.8 Å². The minimum Gasteiger partial charge on any atom is -0.466 e. The van der Waals surface area contributed by atoms with Gasteiger partial charge in [-0.25, -0.2) is 19.3 Å². The summed E-state index contributed by atoms with van der Waals surface area (Å²) in [5.74, 6) is -0.856. The van der Waals surface area contributed by atoms with Crippen LogP contribution >= 0.6 is 0 Å². The second kappa shape index (κ2) is 12.4. The van der Waals surface area contributed by atoms with Gasteiger partial charge in [0.25, 0.3) is 0 Å². The van der Waals surface area contributed by atoms with E-state index in [4.69, 9.17) is 4.74 Å². The fraction of sp³-hybridized carbons (Fsp3) is 0.379. The summed E-state index contributed by atoms with van der Waals surface area (Å²) in [7, 11) is 3.03. The Morgan fingerprint density at radius 1 is 1.16 bits per heavy atom. The largest absolute Gasteiger partial charge is 0.466 e. The number of fused-ring (bicyclic) bond motifs is 1. The van der Waals surface area contributed by atoms with Crippen molar-refractivity contribution >= 4 is 17.6 Å². The van der Waals surface area contributed by atoms with Crippen LogP contribution < -0.4 is 10.6 Å². The van der Waals surface area contributed by atoms with Gasteiger partial charge in [0.15, 0.2) is 0 Å². The Morgan fingerprint density at radius 3 is 2.47 bits per heavy atom. The van der Waals surface area contributed by atoms with Crippen molar-refractivity contribution in [1.29, 1.82) is 5.26 Å². The van der Waals surface area contributed by atoms with Crippen LogP contribution in [0.4, 0.5) is 24.8 Å². The highest BCUT2D eigenvalue weighted by atomic mass is 19.4. The van der Waals surface area contributed by atoms with Gasteiger partial charge < -0.3 is 19.4 Å². The molecule has 0 fully saturated rings. The molecule has 14 heteroatoms. The smallest absolute Gasteiger partial charge is 0.416 e. The maximum absolute atomic E-state index is 13.6. The Kier molecular flexibility index (Phi) is 9.09. The van der Waals surface area contributed by atoms with Crippen LogP contribution in [-0.2, 0) is 22.1 Å². The summed E-state index contributed by atoms with van der Waals surface area (Å²) < 4.78 is 47.4. The normalized spacial score (nSPS) is 15.3. The molecule has 2 heterocycles. The molecule has 0 spiro atoms. The van der Waals surface area contributed by atoms with Gasteiger partial charge >= 0.3 is 17.8 Å². The van der Waals surface area contributed by atoms with E-state index in [1.165, 1.54) is 28.5 Å². The number of aromatic amines is 1. The minimum atomic E-state index is -4.64. The van der Waals surface area contributed by atoms with Crippen molar-refractivity contribution in [3.05, 3.63) is 86.5 Å². The van der Waals surface area contributed by atoms with Crippen LogP contribution in [0.15, 0.2) is 58.5 Å². The van der Waals surface area contributed by atoms with Crippen LogP contribution in [-0.4, -0.2) is 82.4 Å². The van der Waals surface area contributed by atoms with Gasteiger partial charge in [-0.3, -0.25) is 4.90 Å². The summed E-state index contributed by atoms with van der Waals surface area (Å²) in [5.41, 5.74) is -0.0132. The number of hydrogen-bond acceptors (Lipinski definition) is 8. The lowest BCUT2D eigenvalue weighted by Gasteiger charge is -2.37. The van der Waals surface area contributed by atoms with Crippen LogP contribution in [0.1, 0.15) is 35.2 Å². The molecule has 3 aromatic rings. The first kappa shape index (κ1) is 31.5. The predicted molar refractivity (Wildman–Crippen MR) is 149 cm³/mol. The van der Waals surface area contributed by atoms with Gasteiger partial charge in [0.2, 0.25) is 5.95 Å². The average molecular weight is 602 g/mol. The number of nitriles is 1. The van der Waals surface area contributed by atoms with Crippen molar-refractivity contribution < 1.29 is 37.4 Å². The fourth-order valence-corrected chi connectivity index (χ4v) is 5.45. The number of benzene rings is 2. The average Bonchev–Trinajstić information content (AvgIpc) is 3.35. The molecule has 3 N–H and O–H groups in total. The lowest BCUT2D eigenvalue weighted by Crippen LogP contribution is -2.49. The van der Waals surface area contributed by atoms with E-state index < -0.39 is 29.4 Å². The topological polar surface area (TPSA) is 144 Å². The zero-order valence-corrected chi connectivity index (χ0v) is 23.9. The number of nitrogens with zero attached hydrogens (tertiary/aromatic N) is 5. The Morgan fingerprint density at radius 2 is 1.86 bits per heavy atom. The number of H-pyrrole nitrogens is 1. The summed E-state index contributed by atoms with van der Waals surface area (Å²) in [6.45, 7) is 2.47. The summed E-state index contributed by atoms with van der Waals surface area (Å²) in [5, 5.41) is 35.3. The van der Waals surface area contributed by atoms with E-state index in [0.29, 0.717) is 47.2 Å². The highest BCUT2D eigenvalue weighted by Gasteiger charge is 2.41. The molecule has 1 aromatic heterocycles. The molecule has 1 atom stereocenters. The summed E-state index contributed by atoms with van der Waals surface area (Å²) in [4.78, 5) is 28.0. The molecular formula is C29H32F3N6O5+. The number of anilines is 2. The number of likely N-dealkylation sites (N-methyl/N-ethyl adjacent to an activating group) is 1. The quantitative estimate of drug-likeness (QED) is 0.238. The molecule has 0 unspecified atom stereocenters. The van der Waals surface area contributed by atoms with Crippen LogP contribution in [0.2, 0.25) is 0 Å². The standard InChI is InChI=1S/C29H31F3N6O5/c1-18-24(26(41)43-3)25(23-8-7-19(17-33)15-20(23)9-10-38(2,11-13-39)12-14-40)37-27(34-35-28(37)42)36(18)22-6-4-5-21(16-22)29(30,31)32/h4-8,15-16,25,39-40H,9-14H2,1-3H3/p+1/t25-/m1/s1. The maximum atomic E-state index is 13.6. The van der Waals surface area contributed by atoms with Crippen molar-refractivity contribution in [2.45, 2.75) is 25.6 Å². The summed E-state index contributed by atoms with van der Waals surface area (Å²) in [6, 6.07) is 10.2. The molecular weight excluding hydrogens is 569 g/mol. The molecule has 43 heavy (non-hydrogen) atoms. The first-order valence-corrected chi connectivity index (χ1v) is 13.4. The van der Waals surface area contributed by atoms with E-state index in [2.05, 4.69) is 16.3 Å². The molecule has 11 nitrogen and oxygen atoms in total. The Balaban J connectivity index is 1.94. The second-order valence-electron chi connectivity index (χ2n) is 10.5. The number of alkyl halides is 3. The number of allylic oxidation sites excluding steroid dienone is 1. The van der Waals surface area contributed by atoms with E-state index in [1.54, 1.807) is 18.2 Å². The van der Waals surface area contributed by atoms with E-state index >= 15 is 0 Å². The minimum absolute atomic E-state index is 0.00941. The number of nitrogens with one attached hydrogen (secondary N) is 1. The zero-order chi connectivity index (χ0) is 31.5. The molecule has 0 saturated heterocycles. The Bertz CT molecular complexity index is 1630. The first-order valence-electron chi connectivity index (χ1n) is 13.4. The van der Waals surface area contributed by atoms with Crippen LogP contribution in [0.5, 0.6) is 0 Å². The van der Waals surface area contributed by atoms with Gasteiger partial charge in [-0.1, -0.05) is 12.1 Å². The fourth-order valence-electron chi connectivity index (χ4n) is 5.45. The summed E-state index contributed by atoms with van der Waals surface area (Å²) in [6.07, 6.45) is -4.30. The molecule has 2 aromatic carbocycles. The third kappa shape index (κ3) is 6.19. The lowest BCUT2D eigenvalue weighted by molar-refractivity contribution is -0.909. The number of methoxy groups -OCH3 is 1. The summed E-state index contributed by atoms with van der Waals surface area (Å²) >= 11 is 0. The van der Waals surface area contributed by atoms with Gasteiger partial charge in [0.1, 0.15) is 19.1 Å². The van der Waals surface area contributed by atoms with Gasteiger partial charge in [-0.05, 0) is 48.4 Å². The van der Waals surface area contributed by atoms with Gasteiger partial charge in [0, 0.05) is 17.8 Å². The van der Waals surface area contributed by atoms with Crippen LogP contribution in [0, 0.1) is 11.3 Å². The number of hydrogen-bond donors (Lipinski definition) is 3. The van der Waals surface area contributed by atoms with Crippen molar-refractivity contribution in [2.24, 2.45) is 0 Å². The van der Waals surface area contributed by atoms with E-state index in [1.807, 2.05) is 7.05 Å². The number of esters is 1. The van der Waals surface area contributed by atoms with Gasteiger partial charge in [-0.2, -0.15) is 18.4 Å². The molecule has 0 aliphatic carbocycles. The highest BCUT2D eigenvalue weighted by molar-refractivity contribution is 5.93. The van der Waals surface area contributed by atoms with Crippen molar-refractivity contribution in [3.63, 3.8) is 0 Å². The molecule has 228 valence electrons. The molecule has 4 rings (SSSR count). The predicted octanol–water partition coefficient (Wildman–Crippen LogP) is 2.62. The molecule has 1 aliphatic rings. The van der Waals surface area contributed by atoms with Crippen molar-refractivity contribution in [3.8, 4) is 6.07 Å². The zero-order valence-electron chi connectivity index (χ0n) is 23.9. The monoisotopic (exact) mass is 601 g/mol. The molecule has 0 bridgehead atoms. The number of halogens is 3. The molecule has 0 amide bonds. The number of carbonyl (C=O) groups is 1. The second-order valence-corrected chi connectivity index (χ2v) is 10.5. The van der Waals surface area contributed by atoms with Crippen LogP contribution in [0.3, 0.4) is 0 Å².